The Bertz CT molecular complexity index is 1130. The predicted molar refractivity (Wildman–Crippen MR) is 108 cm³/mol. The molecule has 28 heavy (non-hydrogen) atoms. The van der Waals surface area contributed by atoms with Crippen molar-refractivity contribution in [1.29, 1.82) is 0 Å². The number of nitrogens with zero attached hydrogens (tertiary/aromatic N) is 2. The second kappa shape index (κ2) is 8.21. The van der Waals surface area contributed by atoms with Gasteiger partial charge in [-0.1, -0.05) is 30.0 Å². The summed E-state index contributed by atoms with van der Waals surface area (Å²) in [7, 11) is -0.400. The van der Waals surface area contributed by atoms with Crippen molar-refractivity contribution in [3.63, 3.8) is 0 Å². The number of hydrogen-bond donors (Lipinski definition) is 2. The van der Waals surface area contributed by atoms with Crippen LogP contribution in [0.5, 0.6) is 5.75 Å². The molecule has 2 aromatic carbocycles. The molecule has 1 amide bonds. The molecule has 148 valence electrons. The molecule has 0 bridgehead atoms. The molecule has 0 aliphatic rings. The van der Waals surface area contributed by atoms with Crippen molar-refractivity contribution < 1.29 is 17.9 Å². The number of benzene rings is 2. The standard InChI is InChI=1S/C18H20N4O4S2/c1-22-15-8-7-13(28(19,24)25)9-14(15)21-18(22)27-11-17(23)20-10-12-5-3-4-6-16(12)26-2/h3-9H,10-11H2,1-2H3,(H,20,23)(H2,19,24,25). The molecule has 0 aliphatic heterocycles. The summed E-state index contributed by atoms with van der Waals surface area (Å²) in [4.78, 5) is 16.6. The first-order chi connectivity index (χ1) is 13.3. The third kappa shape index (κ3) is 4.46. The lowest BCUT2D eigenvalue weighted by molar-refractivity contribution is -0.118. The predicted octanol–water partition coefficient (Wildman–Crippen LogP) is 1.64. The zero-order chi connectivity index (χ0) is 20.3. The third-order valence-corrected chi connectivity index (χ3v) is 6.08. The molecule has 3 aromatic rings. The summed E-state index contributed by atoms with van der Waals surface area (Å²) >= 11 is 1.27. The normalized spacial score (nSPS) is 11.5. The van der Waals surface area contributed by atoms with Gasteiger partial charge in [0.15, 0.2) is 5.16 Å². The van der Waals surface area contributed by atoms with E-state index in [1.165, 1.54) is 23.9 Å². The van der Waals surface area contributed by atoms with Crippen LogP contribution in [0.1, 0.15) is 5.56 Å². The number of sulfonamides is 1. The van der Waals surface area contributed by atoms with Crippen LogP contribution in [0, 0.1) is 0 Å². The molecule has 0 aliphatic carbocycles. The number of imidazole rings is 1. The summed E-state index contributed by atoms with van der Waals surface area (Å²) in [5, 5.41) is 8.62. The molecule has 0 fully saturated rings. The molecule has 0 atom stereocenters. The number of fused-ring (bicyclic) bond motifs is 1. The molecule has 1 heterocycles. The highest BCUT2D eigenvalue weighted by molar-refractivity contribution is 7.99. The Kier molecular flexibility index (Phi) is 5.92. The Labute approximate surface area is 167 Å². The van der Waals surface area contributed by atoms with Crippen LogP contribution in [0.3, 0.4) is 0 Å². The van der Waals surface area contributed by atoms with E-state index >= 15 is 0 Å². The number of nitrogens with two attached hydrogens (primary N) is 1. The van der Waals surface area contributed by atoms with Gasteiger partial charge in [0.2, 0.25) is 15.9 Å². The lowest BCUT2D eigenvalue weighted by atomic mass is 10.2. The van der Waals surface area contributed by atoms with Crippen molar-refractivity contribution in [2.75, 3.05) is 12.9 Å². The quantitative estimate of drug-likeness (QED) is 0.561. The Hall–Kier alpha value is -2.56. The van der Waals surface area contributed by atoms with E-state index in [4.69, 9.17) is 9.88 Å². The summed E-state index contributed by atoms with van der Waals surface area (Å²) in [6, 6.07) is 12.0. The molecule has 1 aromatic heterocycles. The van der Waals surface area contributed by atoms with Gasteiger partial charge in [0, 0.05) is 19.2 Å². The molecular formula is C18H20N4O4S2. The van der Waals surface area contributed by atoms with E-state index in [1.807, 2.05) is 24.3 Å². The Morgan fingerprint density at radius 2 is 2.04 bits per heavy atom. The van der Waals surface area contributed by atoms with E-state index in [-0.39, 0.29) is 16.6 Å². The van der Waals surface area contributed by atoms with Crippen molar-refractivity contribution >= 4 is 38.7 Å². The van der Waals surface area contributed by atoms with Crippen molar-refractivity contribution in [2.24, 2.45) is 12.2 Å². The first-order valence-corrected chi connectivity index (χ1v) is 10.8. The molecule has 10 heteroatoms. The summed E-state index contributed by atoms with van der Waals surface area (Å²) < 4.78 is 30.1. The van der Waals surface area contributed by atoms with Gasteiger partial charge in [-0.25, -0.2) is 18.5 Å². The van der Waals surface area contributed by atoms with Crippen molar-refractivity contribution in [3.05, 3.63) is 48.0 Å². The number of thioether (sulfide) groups is 1. The fourth-order valence-electron chi connectivity index (χ4n) is 2.69. The molecule has 0 unspecified atom stereocenters. The lowest BCUT2D eigenvalue weighted by Gasteiger charge is -2.09. The zero-order valence-corrected chi connectivity index (χ0v) is 17.0. The summed E-state index contributed by atoms with van der Waals surface area (Å²) in [6.45, 7) is 0.365. The molecule has 0 saturated carbocycles. The maximum absolute atomic E-state index is 12.2. The number of nitrogens with one attached hydrogen (secondary N) is 1. The van der Waals surface area contributed by atoms with E-state index in [1.54, 1.807) is 24.8 Å². The second-order valence-corrected chi connectivity index (χ2v) is 8.53. The van der Waals surface area contributed by atoms with Crippen LogP contribution in [0.4, 0.5) is 0 Å². The summed E-state index contributed by atoms with van der Waals surface area (Å²) in [5.74, 6) is 0.749. The van der Waals surface area contributed by atoms with E-state index < -0.39 is 10.0 Å². The molecule has 0 spiro atoms. The van der Waals surface area contributed by atoms with Crippen LogP contribution in [-0.2, 0) is 28.4 Å². The average Bonchev–Trinajstić information content (AvgIpc) is 2.99. The number of carbonyl (C=O) groups is 1. The van der Waals surface area contributed by atoms with E-state index in [0.29, 0.717) is 17.2 Å². The highest BCUT2D eigenvalue weighted by Gasteiger charge is 2.14. The first kappa shape index (κ1) is 20.2. The Balaban J connectivity index is 1.66. The van der Waals surface area contributed by atoms with Gasteiger partial charge in [-0.3, -0.25) is 4.79 Å². The number of amides is 1. The number of para-hydroxylation sites is 1. The lowest BCUT2D eigenvalue weighted by Crippen LogP contribution is -2.24. The summed E-state index contributed by atoms with van der Waals surface area (Å²) in [5.41, 5.74) is 2.15. The van der Waals surface area contributed by atoms with E-state index in [9.17, 15) is 13.2 Å². The number of aryl methyl sites for hydroxylation is 1. The van der Waals surface area contributed by atoms with Crippen LogP contribution in [0.15, 0.2) is 52.5 Å². The molecule has 0 radical (unpaired) electrons. The number of hydrogen-bond acceptors (Lipinski definition) is 6. The zero-order valence-electron chi connectivity index (χ0n) is 15.4. The minimum absolute atomic E-state index is 0.00389. The van der Waals surface area contributed by atoms with Crippen molar-refractivity contribution in [3.8, 4) is 5.75 Å². The van der Waals surface area contributed by atoms with Crippen LogP contribution in [-0.4, -0.2) is 36.7 Å². The van der Waals surface area contributed by atoms with Gasteiger partial charge in [0.1, 0.15) is 5.75 Å². The molecular weight excluding hydrogens is 400 g/mol. The minimum Gasteiger partial charge on any atom is -0.496 e. The molecule has 0 saturated heterocycles. The van der Waals surface area contributed by atoms with Gasteiger partial charge in [0.25, 0.3) is 0 Å². The molecule has 3 N–H and O–H groups in total. The van der Waals surface area contributed by atoms with Crippen LogP contribution >= 0.6 is 11.8 Å². The van der Waals surface area contributed by atoms with Gasteiger partial charge < -0.3 is 14.6 Å². The fourth-order valence-corrected chi connectivity index (χ4v) is 4.04. The number of ether oxygens (including phenoxy) is 1. The van der Waals surface area contributed by atoms with Crippen LogP contribution in [0.2, 0.25) is 0 Å². The monoisotopic (exact) mass is 420 g/mol. The van der Waals surface area contributed by atoms with Crippen molar-refractivity contribution in [2.45, 2.75) is 16.6 Å². The average molecular weight is 421 g/mol. The van der Waals surface area contributed by atoms with Gasteiger partial charge >= 0.3 is 0 Å². The SMILES string of the molecule is COc1ccccc1CNC(=O)CSc1nc2cc(S(N)(=O)=O)ccc2n1C. The highest BCUT2D eigenvalue weighted by Crippen LogP contribution is 2.24. The van der Waals surface area contributed by atoms with Gasteiger partial charge in [-0.05, 0) is 24.3 Å². The number of aromatic nitrogens is 2. The second-order valence-electron chi connectivity index (χ2n) is 6.03. The van der Waals surface area contributed by atoms with Crippen LogP contribution < -0.4 is 15.2 Å². The number of primary sulfonamides is 1. The first-order valence-electron chi connectivity index (χ1n) is 8.30. The largest absolute Gasteiger partial charge is 0.496 e. The Morgan fingerprint density at radius 1 is 1.29 bits per heavy atom. The van der Waals surface area contributed by atoms with Gasteiger partial charge in [-0.15, -0.1) is 0 Å². The third-order valence-electron chi connectivity index (χ3n) is 4.14. The highest BCUT2D eigenvalue weighted by atomic mass is 32.2. The number of methoxy groups -OCH3 is 1. The smallest absolute Gasteiger partial charge is 0.238 e. The Morgan fingerprint density at radius 3 is 2.75 bits per heavy atom. The fraction of sp³-hybridized carbons (Fsp3) is 0.222. The molecule has 3 rings (SSSR count). The van der Waals surface area contributed by atoms with E-state index in [0.717, 1.165) is 16.8 Å². The van der Waals surface area contributed by atoms with Gasteiger partial charge in [0.05, 0.1) is 28.8 Å². The van der Waals surface area contributed by atoms with Crippen LogP contribution in [0.25, 0.3) is 11.0 Å². The van der Waals surface area contributed by atoms with Gasteiger partial charge in [-0.2, -0.15) is 0 Å². The maximum atomic E-state index is 12.2. The van der Waals surface area contributed by atoms with E-state index in [2.05, 4.69) is 10.3 Å². The number of carbonyl (C=O) groups excluding carboxylic acids is 1. The number of rotatable bonds is 7. The topological polar surface area (TPSA) is 116 Å². The maximum Gasteiger partial charge on any atom is 0.238 e. The molecule has 8 nitrogen and oxygen atoms in total. The summed E-state index contributed by atoms with van der Waals surface area (Å²) in [6.07, 6.45) is 0. The van der Waals surface area contributed by atoms with Crippen molar-refractivity contribution in [1.82, 2.24) is 14.9 Å². The minimum atomic E-state index is -3.79.